The maximum atomic E-state index is 13.6. The van der Waals surface area contributed by atoms with Gasteiger partial charge in [0.15, 0.2) is 0 Å². The summed E-state index contributed by atoms with van der Waals surface area (Å²) in [4.78, 5) is 15.3. The number of nitriles is 1. The molecule has 0 spiro atoms. The summed E-state index contributed by atoms with van der Waals surface area (Å²) in [5.74, 6) is -0.979. The fraction of sp³-hybridized carbons (Fsp3) is 0.100. The number of carbonyl (C=O) groups is 1. The highest BCUT2D eigenvalue weighted by Gasteiger charge is 2.10. The number of hydrogen-bond acceptors (Lipinski definition) is 2. The summed E-state index contributed by atoms with van der Waals surface area (Å²) in [6.45, 7) is 0.386. The molecule has 5 heteroatoms. The van der Waals surface area contributed by atoms with E-state index in [9.17, 15) is 9.18 Å². The van der Waals surface area contributed by atoms with Gasteiger partial charge in [-0.2, -0.15) is 5.26 Å². The molecule has 0 aliphatic rings. The summed E-state index contributed by atoms with van der Waals surface area (Å²) in [5, 5.41) is 13.0. The van der Waals surface area contributed by atoms with Crippen LogP contribution >= 0.6 is 0 Å². The number of aromatic nitrogens is 1. The first-order valence-electron chi connectivity index (χ1n) is 7.88. The molecule has 0 unspecified atom stereocenters. The third kappa shape index (κ3) is 3.75. The van der Waals surface area contributed by atoms with E-state index in [-0.39, 0.29) is 11.1 Å². The molecule has 0 aliphatic carbocycles. The lowest BCUT2D eigenvalue weighted by molar-refractivity contribution is -0.117. The fourth-order valence-corrected chi connectivity index (χ4v) is 2.64. The number of H-pyrrole nitrogens is 1. The Hall–Kier alpha value is -3.39. The van der Waals surface area contributed by atoms with E-state index in [0.717, 1.165) is 16.5 Å². The van der Waals surface area contributed by atoms with Crippen LogP contribution in [-0.4, -0.2) is 17.4 Å². The zero-order valence-corrected chi connectivity index (χ0v) is 13.4. The minimum atomic E-state index is -0.509. The van der Waals surface area contributed by atoms with Crippen molar-refractivity contribution in [1.29, 1.82) is 5.26 Å². The van der Waals surface area contributed by atoms with Gasteiger partial charge in [0.2, 0.25) is 0 Å². The molecule has 0 radical (unpaired) electrons. The van der Waals surface area contributed by atoms with Gasteiger partial charge in [-0.1, -0.05) is 36.4 Å². The highest BCUT2D eigenvalue weighted by atomic mass is 19.1. The summed E-state index contributed by atoms with van der Waals surface area (Å²) >= 11 is 0. The van der Waals surface area contributed by atoms with Crippen molar-refractivity contribution in [3.8, 4) is 6.07 Å². The van der Waals surface area contributed by atoms with E-state index in [0.29, 0.717) is 13.0 Å². The Kier molecular flexibility index (Phi) is 4.91. The molecule has 3 aromatic rings. The van der Waals surface area contributed by atoms with Crippen LogP contribution in [0.4, 0.5) is 4.39 Å². The van der Waals surface area contributed by atoms with Gasteiger partial charge in [0, 0.05) is 29.2 Å². The molecule has 1 aromatic heterocycles. The summed E-state index contributed by atoms with van der Waals surface area (Å²) in [7, 11) is 0. The number of nitrogens with one attached hydrogen (secondary N) is 2. The van der Waals surface area contributed by atoms with E-state index in [1.807, 2.05) is 36.5 Å². The first-order chi connectivity index (χ1) is 12.2. The maximum absolute atomic E-state index is 13.6. The first kappa shape index (κ1) is 16.5. The van der Waals surface area contributed by atoms with Crippen LogP contribution in [0.5, 0.6) is 0 Å². The number of halogens is 1. The Morgan fingerprint density at radius 2 is 1.96 bits per heavy atom. The monoisotopic (exact) mass is 333 g/mol. The average Bonchev–Trinajstić information content (AvgIpc) is 3.04. The number of aromatic amines is 1. The molecule has 2 N–H and O–H groups in total. The molecule has 0 fully saturated rings. The van der Waals surface area contributed by atoms with Crippen LogP contribution in [0.15, 0.2) is 60.3 Å². The average molecular weight is 333 g/mol. The zero-order chi connectivity index (χ0) is 17.6. The van der Waals surface area contributed by atoms with Gasteiger partial charge in [-0.05, 0) is 30.2 Å². The SMILES string of the molecule is N#C/C(=C/c1ccccc1F)C(=O)NCCc1c[nH]c2ccccc12. The molecule has 124 valence electrons. The fourth-order valence-electron chi connectivity index (χ4n) is 2.64. The number of fused-ring (bicyclic) bond motifs is 1. The van der Waals surface area contributed by atoms with Crippen LogP contribution in [0.2, 0.25) is 0 Å². The molecule has 2 aromatic carbocycles. The van der Waals surface area contributed by atoms with Gasteiger partial charge < -0.3 is 10.3 Å². The molecule has 4 nitrogen and oxygen atoms in total. The van der Waals surface area contributed by atoms with Crippen molar-refractivity contribution in [1.82, 2.24) is 10.3 Å². The third-order valence-corrected chi connectivity index (χ3v) is 3.92. The number of benzene rings is 2. The van der Waals surface area contributed by atoms with Gasteiger partial charge in [0.05, 0.1) is 0 Å². The standard InChI is InChI=1S/C20H16FN3O/c21-18-7-3-1-5-14(18)11-16(12-22)20(25)23-10-9-15-13-24-19-8-4-2-6-17(15)19/h1-8,11,13,24H,9-10H2,(H,23,25)/b16-11-. The van der Waals surface area contributed by atoms with E-state index in [4.69, 9.17) is 5.26 Å². The highest BCUT2D eigenvalue weighted by Crippen LogP contribution is 2.17. The van der Waals surface area contributed by atoms with Gasteiger partial charge in [0.25, 0.3) is 5.91 Å². The molecule has 0 atom stereocenters. The smallest absolute Gasteiger partial charge is 0.261 e. The van der Waals surface area contributed by atoms with E-state index in [2.05, 4.69) is 10.3 Å². The van der Waals surface area contributed by atoms with Crippen molar-refractivity contribution in [2.75, 3.05) is 6.54 Å². The summed E-state index contributed by atoms with van der Waals surface area (Å²) < 4.78 is 13.6. The predicted octanol–water partition coefficient (Wildman–Crippen LogP) is 3.57. The first-order valence-corrected chi connectivity index (χ1v) is 7.88. The largest absolute Gasteiger partial charge is 0.361 e. The molecule has 0 aliphatic heterocycles. The maximum Gasteiger partial charge on any atom is 0.261 e. The quantitative estimate of drug-likeness (QED) is 0.553. The second-order valence-electron chi connectivity index (χ2n) is 5.56. The Balaban J connectivity index is 1.65. The Labute approximate surface area is 144 Å². The third-order valence-electron chi connectivity index (χ3n) is 3.92. The lowest BCUT2D eigenvalue weighted by Gasteiger charge is -2.04. The topological polar surface area (TPSA) is 68.7 Å². The van der Waals surface area contributed by atoms with Crippen LogP contribution in [0.25, 0.3) is 17.0 Å². The Bertz CT molecular complexity index is 982. The van der Waals surface area contributed by atoms with Crippen LogP contribution in [0.1, 0.15) is 11.1 Å². The van der Waals surface area contributed by atoms with Gasteiger partial charge >= 0.3 is 0 Å². The van der Waals surface area contributed by atoms with Crippen LogP contribution in [0, 0.1) is 17.1 Å². The van der Waals surface area contributed by atoms with E-state index >= 15 is 0 Å². The molecule has 3 rings (SSSR count). The molecule has 25 heavy (non-hydrogen) atoms. The highest BCUT2D eigenvalue weighted by molar-refractivity contribution is 6.01. The van der Waals surface area contributed by atoms with Crippen LogP contribution < -0.4 is 5.32 Å². The zero-order valence-electron chi connectivity index (χ0n) is 13.4. The Morgan fingerprint density at radius 3 is 2.76 bits per heavy atom. The number of hydrogen-bond donors (Lipinski definition) is 2. The van der Waals surface area contributed by atoms with Crippen LogP contribution in [-0.2, 0) is 11.2 Å². The molecular formula is C20H16FN3O. The normalized spacial score (nSPS) is 11.3. The van der Waals surface area contributed by atoms with Crippen molar-refractivity contribution in [3.63, 3.8) is 0 Å². The number of para-hydroxylation sites is 1. The molecule has 0 saturated carbocycles. The van der Waals surface area contributed by atoms with E-state index in [1.54, 1.807) is 12.1 Å². The molecule has 1 heterocycles. The van der Waals surface area contributed by atoms with Gasteiger partial charge in [-0.25, -0.2) is 4.39 Å². The Morgan fingerprint density at radius 1 is 1.20 bits per heavy atom. The molecule has 0 bridgehead atoms. The van der Waals surface area contributed by atoms with Gasteiger partial charge in [-0.3, -0.25) is 4.79 Å². The predicted molar refractivity (Wildman–Crippen MR) is 95.0 cm³/mol. The summed E-state index contributed by atoms with van der Waals surface area (Å²) in [6.07, 6.45) is 3.81. The molecule has 1 amide bonds. The second kappa shape index (κ2) is 7.45. The van der Waals surface area contributed by atoms with Crippen molar-refractivity contribution >= 4 is 22.9 Å². The summed E-state index contributed by atoms with van der Waals surface area (Å²) in [5.41, 5.74) is 2.23. The molecule has 0 saturated heterocycles. The minimum absolute atomic E-state index is 0.121. The van der Waals surface area contributed by atoms with E-state index in [1.165, 1.54) is 18.2 Å². The minimum Gasteiger partial charge on any atom is -0.361 e. The molecular weight excluding hydrogens is 317 g/mol. The van der Waals surface area contributed by atoms with E-state index < -0.39 is 11.7 Å². The second-order valence-corrected chi connectivity index (χ2v) is 5.56. The number of carbonyl (C=O) groups excluding carboxylic acids is 1. The lowest BCUT2D eigenvalue weighted by atomic mass is 10.1. The van der Waals surface area contributed by atoms with Crippen molar-refractivity contribution in [2.45, 2.75) is 6.42 Å². The van der Waals surface area contributed by atoms with Crippen molar-refractivity contribution < 1.29 is 9.18 Å². The van der Waals surface area contributed by atoms with Crippen molar-refractivity contribution in [3.05, 3.63) is 77.2 Å². The number of amides is 1. The van der Waals surface area contributed by atoms with Crippen LogP contribution in [0.3, 0.4) is 0 Å². The van der Waals surface area contributed by atoms with Gasteiger partial charge in [-0.15, -0.1) is 0 Å². The number of rotatable bonds is 5. The number of nitrogens with zero attached hydrogens (tertiary/aromatic N) is 1. The van der Waals surface area contributed by atoms with Crippen molar-refractivity contribution in [2.24, 2.45) is 0 Å². The lowest BCUT2D eigenvalue weighted by Crippen LogP contribution is -2.26. The van der Waals surface area contributed by atoms with Gasteiger partial charge in [0.1, 0.15) is 17.5 Å². The summed E-state index contributed by atoms with van der Waals surface area (Å²) in [6, 6.07) is 15.8.